The van der Waals surface area contributed by atoms with Gasteiger partial charge in [-0.15, -0.1) is 0 Å². The van der Waals surface area contributed by atoms with Crippen LogP contribution in [-0.2, 0) is 0 Å². The van der Waals surface area contributed by atoms with Crippen LogP contribution in [0.3, 0.4) is 0 Å². The zero-order valence-corrected chi connectivity index (χ0v) is 63.9. The van der Waals surface area contributed by atoms with Gasteiger partial charge in [0, 0.05) is 71.0 Å². The summed E-state index contributed by atoms with van der Waals surface area (Å²) in [4.78, 5) is 60.6. The van der Waals surface area contributed by atoms with E-state index in [2.05, 4.69) is 137 Å². The molecule has 11 rings (SSSR count). The molecule has 0 aliphatic heterocycles. The first-order valence-electron chi connectivity index (χ1n) is 33.2. The highest BCUT2D eigenvalue weighted by Gasteiger charge is 2.02. The summed E-state index contributed by atoms with van der Waals surface area (Å²) in [6.07, 6.45) is 12.1. The number of aromatic nitrogens is 15. The van der Waals surface area contributed by atoms with E-state index < -0.39 is 0 Å². The van der Waals surface area contributed by atoms with Gasteiger partial charge in [0.1, 0.15) is 41.3 Å². The fourth-order valence-corrected chi connectivity index (χ4v) is 7.25. The summed E-state index contributed by atoms with van der Waals surface area (Å²) in [6, 6.07) is 31.5. The summed E-state index contributed by atoms with van der Waals surface area (Å²) in [5.41, 5.74) is 12.7. The molecule has 7 aromatic heterocycles. The Bertz CT molecular complexity index is 3210. The fourth-order valence-electron chi connectivity index (χ4n) is 7.25. The third-order valence-electron chi connectivity index (χ3n) is 10.6. The summed E-state index contributed by atoms with van der Waals surface area (Å²) < 4.78 is 0. The second-order valence-electron chi connectivity index (χ2n) is 18.3. The molecule has 7 heterocycles. The van der Waals surface area contributed by atoms with E-state index in [4.69, 9.17) is 0 Å². The lowest BCUT2D eigenvalue weighted by atomic mass is 9.99. The van der Waals surface area contributed by atoms with Crippen LogP contribution < -0.4 is 0 Å². The van der Waals surface area contributed by atoms with Crippen molar-refractivity contribution in [3.63, 3.8) is 0 Å². The number of para-hydroxylation sites is 1. The monoisotopic (exact) mass is 1270 g/mol. The number of fused-ring (bicyclic) bond motifs is 4. The van der Waals surface area contributed by atoms with Gasteiger partial charge in [-0.25, -0.2) is 54.8 Å². The van der Waals surface area contributed by atoms with Gasteiger partial charge in [0.05, 0.1) is 28.3 Å². The Kier molecular flexibility index (Phi) is 59.4. The molecule has 0 bridgehead atoms. The van der Waals surface area contributed by atoms with Crippen LogP contribution >= 0.6 is 0 Å². The van der Waals surface area contributed by atoms with Gasteiger partial charge >= 0.3 is 0 Å². The average Bonchev–Trinajstić information content (AvgIpc) is 0.859. The first-order valence-corrected chi connectivity index (χ1v) is 33.2. The number of hydrogen-bond acceptors (Lipinski definition) is 15. The smallest absolute Gasteiger partial charge is 0.129 e. The van der Waals surface area contributed by atoms with E-state index >= 15 is 0 Å². The molecule has 4 aromatic carbocycles. The molecule has 0 radical (unpaired) electrons. The summed E-state index contributed by atoms with van der Waals surface area (Å²) in [5, 5.41) is 6.50. The molecule has 0 aliphatic carbocycles. The lowest BCUT2D eigenvalue weighted by Crippen LogP contribution is -1.97. The maximum absolute atomic E-state index is 4.33. The van der Waals surface area contributed by atoms with Gasteiger partial charge < -0.3 is 0 Å². The van der Waals surface area contributed by atoms with Crippen LogP contribution in [0.5, 0.6) is 0 Å². The van der Waals surface area contributed by atoms with Crippen molar-refractivity contribution in [3.8, 4) is 0 Å². The van der Waals surface area contributed by atoms with Gasteiger partial charge in [0.25, 0.3) is 0 Å². The minimum Gasteiger partial charge on any atom is -0.261 e. The third-order valence-corrected chi connectivity index (χ3v) is 10.6. The minimum atomic E-state index is 0.792. The van der Waals surface area contributed by atoms with E-state index in [-0.39, 0.29) is 0 Å². The van der Waals surface area contributed by atoms with Crippen molar-refractivity contribution in [2.75, 3.05) is 0 Å². The topological polar surface area (TPSA) is 193 Å². The van der Waals surface area contributed by atoms with E-state index in [0.717, 1.165) is 97.1 Å². The van der Waals surface area contributed by atoms with Gasteiger partial charge in [-0.1, -0.05) is 189 Å². The van der Waals surface area contributed by atoms with Crippen molar-refractivity contribution in [2.24, 2.45) is 0 Å². The highest BCUT2D eigenvalue weighted by molar-refractivity contribution is 6.07. The Morgan fingerprint density at radius 1 is 0.237 bits per heavy atom. The number of hydrogen-bond donors (Lipinski definition) is 0. The number of nitrogens with zero attached hydrogens (tertiary/aromatic N) is 15. The fraction of sp³-hybridized carbons (Fsp3) is 0.423. The molecule has 0 spiro atoms. The summed E-state index contributed by atoms with van der Waals surface area (Å²) in [6.45, 7) is 65.1. The van der Waals surface area contributed by atoms with Gasteiger partial charge in [0.2, 0.25) is 0 Å². The van der Waals surface area contributed by atoms with Crippen molar-refractivity contribution in [2.45, 2.75) is 228 Å². The molecule has 0 saturated carbocycles. The van der Waals surface area contributed by atoms with Gasteiger partial charge in [-0.05, 0) is 164 Å². The largest absolute Gasteiger partial charge is 0.261 e. The summed E-state index contributed by atoms with van der Waals surface area (Å²) in [7, 11) is 0. The quantitative estimate of drug-likeness (QED) is 0.130. The van der Waals surface area contributed by atoms with E-state index in [1.54, 1.807) is 43.5 Å². The highest BCUT2D eigenvalue weighted by atomic mass is 15.0. The van der Waals surface area contributed by atoms with E-state index in [9.17, 15) is 0 Å². The van der Waals surface area contributed by atoms with Gasteiger partial charge in [0.15, 0.2) is 0 Å². The molecule has 0 N–H and O–H groups in total. The number of aryl methyl sites for hydroxylation is 17. The second kappa shape index (κ2) is 59.5. The Morgan fingerprint density at radius 3 is 0.903 bits per heavy atom. The SMILES string of the molecule is CC.CC.CC.CC.CC.CC.CC.CC.Cc1cc(C)ncn1.Cc1ccc2c(ccc3cc(C)ccc32)c1.Cc1ccnc(C)n1.Cc1ccnc(C)n1.Cc1cnc(C)cn1.Cc1cncc(C)n1.Cc1nc(C)c2ccccc2n1.Cc1nc(C)nc(C)n1. The van der Waals surface area contributed by atoms with Crippen molar-refractivity contribution < 1.29 is 0 Å². The van der Waals surface area contributed by atoms with Gasteiger partial charge in [-0.2, -0.15) is 0 Å². The van der Waals surface area contributed by atoms with Crippen LogP contribution in [0.15, 0.2) is 135 Å². The molecule has 0 aliphatic rings. The van der Waals surface area contributed by atoms with E-state index in [1.807, 2.05) is 257 Å². The molecule has 0 saturated heterocycles. The average molecular weight is 1270 g/mol. The maximum atomic E-state index is 4.33. The maximum Gasteiger partial charge on any atom is 0.129 e. The third kappa shape index (κ3) is 44.3. The molecule has 0 atom stereocenters. The van der Waals surface area contributed by atoms with Crippen LogP contribution in [0.2, 0.25) is 0 Å². The van der Waals surface area contributed by atoms with Crippen LogP contribution in [0.1, 0.15) is 208 Å². The molecule has 508 valence electrons. The van der Waals surface area contributed by atoms with Crippen molar-refractivity contribution in [3.05, 3.63) is 232 Å². The van der Waals surface area contributed by atoms with E-state index in [1.165, 1.54) is 32.7 Å². The molecule has 0 amide bonds. The molecule has 0 fully saturated rings. The predicted octanol–water partition coefficient (Wildman–Crippen LogP) is 21.3. The molecular weight excluding hydrogens is 1150 g/mol. The van der Waals surface area contributed by atoms with Crippen LogP contribution in [0, 0.1) is 118 Å². The predicted molar refractivity (Wildman–Crippen MR) is 402 cm³/mol. The van der Waals surface area contributed by atoms with Crippen molar-refractivity contribution in [1.82, 2.24) is 74.8 Å². The summed E-state index contributed by atoms with van der Waals surface area (Å²) in [5.74, 6) is 4.89. The Morgan fingerprint density at radius 2 is 0.602 bits per heavy atom. The lowest BCUT2D eigenvalue weighted by molar-refractivity contribution is 0.875. The molecule has 15 nitrogen and oxygen atoms in total. The molecule has 11 aromatic rings. The Hall–Kier alpha value is -8.85. The lowest BCUT2D eigenvalue weighted by Gasteiger charge is -2.05. The normalized spacial score (nSPS) is 8.70. The zero-order valence-electron chi connectivity index (χ0n) is 63.9. The molecule has 0 unspecified atom stereocenters. The van der Waals surface area contributed by atoms with Crippen LogP contribution in [0.25, 0.3) is 32.4 Å². The van der Waals surface area contributed by atoms with Crippen LogP contribution in [-0.4, -0.2) is 74.8 Å². The van der Waals surface area contributed by atoms with Crippen LogP contribution in [0.4, 0.5) is 0 Å². The zero-order chi connectivity index (χ0) is 72.4. The number of rotatable bonds is 0. The van der Waals surface area contributed by atoms with Crippen molar-refractivity contribution >= 4 is 32.4 Å². The molecule has 93 heavy (non-hydrogen) atoms. The highest BCUT2D eigenvalue weighted by Crippen LogP contribution is 2.27. The standard InChI is InChI=1S/C16H14.C10H10N2.C6H9N3.5C6H8N2.8C2H6/c1-11-3-7-15-13(9-11)5-6-14-10-12(2)4-8-16(14)15;1-7-9-5-3-4-6-10(9)12-8(2)11-7;1-4-7-5(2)9-6(3)8-4;1-5-3-8-6(2)4-7-5;1-5-3-7-4-6(2)8-5;1-5-3-6(2)8-4-7-5;2*1-5-3-4-7-6(2)8-5;8*1-2/h3-10H,1-2H3;3-6H,1-2H3;1-3H3;5*3-4H,1-2H3;8*1-2H3. The first kappa shape index (κ1) is 92.9. The summed E-state index contributed by atoms with van der Waals surface area (Å²) >= 11 is 0. The molecular formula is C78H121N15. The Labute approximate surface area is 564 Å². The molecule has 15 heteroatoms. The Balaban J connectivity index is -0.000000311. The van der Waals surface area contributed by atoms with Crippen molar-refractivity contribution in [1.29, 1.82) is 0 Å². The first-order chi connectivity index (χ1) is 44.6. The number of benzene rings is 4. The second-order valence-corrected chi connectivity index (χ2v) is 18.3. The van der Waals surface area contributed by atoms with Gasteiger partial charge in [-0.3, -0.25) is 19.9 Å². The minimum absolute atomic E-state index is 0.792. The van der Waals surface area contributed by atoms with E-state index in [0.29, 0.717) is 0 Å².